The first-order valence-corrected chi connectivity index (χ1v) is 7.98. The molecule has 0 heterocycles. The molecule has 2 aromatic carbocycles. The van der Waals surface area contributed by atoms with Crippen LogP contribution < -0.4 is 15.4 Å². The van der Waals surface area contributed by atoms with E-state index in [1.54, 1.807) is 0 Å². The molecule has 4 heteroatoms. The van der Waals surface area contributed by atoms with E-state index in [-0.39, 0.29) is 0 Å². The van der Waals surface area contributed by atoms with Gasteiger partial charge in [0, 0.05) is 18.8 Å². The zero-order chi connectivity index (χ0) is 15.8. The molecule has 118 valence electrons. The summed E-state index contributed by atoms with van der Waals surface area (Å²) in [5.74, 6) is 1.45. The summed E-state index contributed by atoms with van der Waals surface area (Å²) in [4.78, 5) is 0. The maximum atomic E-state index is 6.09. The largest absolute Gasteiger partial charge is 0.493 e. The molecule has 2 aromatic rings. The third kappa shape index (κ3) is 5.49. The van der Waals surface area contributed by atoms with Gasteiger partial charge in [-0.25, -0.2) is 0 Å². The monoisotopic (exact) mass is 318 g/mol. The Bertz CT molecular complexity index is 570. The summed E-state index contributed by atoms with van der Waals surface area (Å²) in [7, 11) is 0. The van der Waals surface area contributed by atoms with Crippen LogP contribution >= 0.6 is 11.6 Å². The molecule has 2 N–H and O–H groups in total. The first kappa shape index (κ1) is 16.5. The Morgan fingerprint density at radius 2 is 1.64 bits per heavy atom. The van der Waals surface area contributed by atoms with Gasteiger partial charge < -0.3 is 15.4 Å². The third-order valence-electron chi connectivity index (χ3n) is 3.08. The number of hydrogen-bond donors (Lipinski definition) is 2. The van der Waals surface area contributed by atoms with Crippen molar-refractivity contribution in [3.8, 4) is 5.75 Å². The number of hydrogen-bond acceptors (Lipinski definition) is 3. The highest BCUT2D eigenvalue weighted by Gasteiger charge is 1.99. The summed E-state index contributed by atoms with van der Waals surface area (Å²) >= 11 is 6.09. The quantitative estimate of drug-likeness (QED) is 0.679. The molecule has 22 heavy (non-hydrogen) atoms. The second-order valence-corrected chi connectivity index (χ2v) is 5.97. The van der Waals surface area contributed by atoms with E-state index < -0.39 is 0 Å². The molecule has 0 aliphatic heterocycles. The molecule has 0 radical (unpaired) electrons. The minimum absolute atomic E-state index is 0.536. The van der Waals surface area contributed by atoms with Gasteiger partial charge in [0.25, 0.3) is 0 Å². The van der Waals surface area contributed by atoms with Crippen LogP contribution in [0.15, 0.2) is 48.5 Å². The average Bonchev–Trinajstić information content (AvgIpc) is 2.52. The molecule has 0 saturated carbocycles. The lowest BCUT2D eigenvalue weighted by Gasteiger charge is -2.11. The van der Waals surface area contributed by atoms with Gasteiger partial charge >= 0.3 is 0 Å². The third-order valence-corrected chi connectivity index (χ3v) is 3.41. The maximum Gasteiger partial charge on any atom is 0.119 e. The maximum absolute atomic E-state index is 6.09. The van der Waals surface area contributed by atoms with Gasteiger partial charge in [0.15, 0.2) is 0 Å². The van der Waals surface area contributed by atoms with Crippen LogP contribution in [0.3, 0.4) is 0 Å². The van der Waals surface area contributed by atoms with Crippen LogP contribution in [0, 0.1) is 5.92 Å². The molecule has 0 aliphatic carbocycles. The first-order chi connectivity index (χ1) is 10.6. The Morgan fingerprint density at radius 3 is 2.32 bits per heavy atom. The molecule has 2 rings (SSSR count). The van der Waals surface area contributed by atoms with Gasteiger partial charge in [-0.1, -0.05) is 37.6 Å². The van der Waals surface area contributed by atoms with E-state index in [9.17, 15) is 0 Å². The highest BCUT2D eigenvalue weighted by atomic mass is 35.5. The van der Waals surface area contributed by atoms with E-state index in [1.807, 2.05) is 48.5 Å². The predicted molar refractivity (Wildman–Crippen MR) is 95.2 cm³/mol. The van der Waals surface area contributed by atoms with Gasteiger partial charge in [-0.15, -0.1) is 0 Å². The van der Waals surface area contributed by atoms with Crippen LogP contribution in [0.25, 0.3) is 0 Å². The van der Waals surface area contributed by atoms with E-state index in [0.29, 0.717) is 5.92 Å². The predicted octanol–water partition coefficient (Wildman–Crippen LogP) is 4.90. The van der Waals surface area contributed by atoms with E-state index in [0.717, 1.165) is 41.8 Å². The molecule has 0 spiro atoms. The highest BCUT2D eigenvalue weighted by molar-refractivity contribution is 6.33. The van der Waals surface area contributed by atoms with Gasteiger partial charge in [0.2, 0.25) is 0 Å². The molecule has 0 amide bonds. The SMILES string of the molecule is CC(C)COc1ccc(NCCNc2ccccc2Cl)cc1. The van der Waals surface area contributed by atoms with Crippen LogP contribution in [0.5, 0.6) is 5.75 Å². The molecular weight excluding hydrogens is 296 g/mol. The number of para-hydroxylation sites is 1. The number of anilines is 2. The summed E-state index contributed by atoms with van der Waals surface area (Å²) < 4.78 is 5.66. The van der Waals surface area contributed by atoms with E-state index in [1.165, 1.54) is 0 Å². The van der Waals surface area contributed by atoms with Crippen LogP contribution in [-0.2, 0) is 0 Å². The van der Waals surface area contributed by atoms with Crippen molar-refractivity contribution in [1.82, 2.24) is 0 Å². The van der Waals surface area contributed by atoms with Gasteiger partial charge in [0.1, 0.15) is 5.75 Å². The van der Waals surface area contributed by atoms with Crippen molar-refractivity contribution in [3.05, 3.63) is 53.6 Å². The van der Waals surface area contributed by atoms with E-state index in [4.69, 9.17) is 16.3 Å². The summed E-state index contributed by atoms with van der Waals surface area (Å²) in [6, 6.07) is 15.8. The van der Waals surface area contributed by atoms with Crippen LogP contribution in [0.4, 0.5) is 11.4 Å². The Hall–Kier alpha value is -1.87. The van der Waals surface area contributed by atoms with Crippen molar-refractivity contribution in [2.45, 2.75) is 13.8 Å². The van der Waals surface area contributed by atoms with E-state index >= 15 is 0 Å². The summed E-state index contributed by atoms with van der Waals surface area (Å²) in [5.41, 5.74) is 2.04. The zero-order valence-electron chi connectivity index (χ0n) is 13.1. The van der Waals surface area contributed by atoms with Crippen molar-refractivity contribution < 1.29 is 4.74 Å². The fourth-order valence-electron chi connectivity index (χ4n) is 1.94. The second-order valence-electron chi connectivity index (χ2n) is 5.56. The summed E-state index contributed by atoms with van der Waals surface area (Å²) in [5, 5.41) is 7.42. The minimum atomic E-state index is 0.536. The van der Waals surface area contributed by atoms with Crippen molar-refractivity contribution in [3.63, 3.8) is 0 Å². The van der Waals surface area contributed by atoms with Crippen LogP contribution in [-0.4, -0.2) is 19.7 Å². The summed E-state index contributed by atoms with van der Waals surface area (Å²) in [6.45, 7) is 6.64. The van der Waals surface area contributed by atoms with Gasteiger partial charge in [0.05, 0.1) is 17.3 Å². The van der Waals surface area contributed by atoms with E-state index in [2.05, 4.69) is 24.5 Å². The lowest BCUT2D eigenvalue weighted by Crippen LogP contribution is -2.13. The Morgan fingerprint density at radius 1 is 0.955 bits per heavy atom. The Kier molecular flexibility index (Phi) is 6.41. The fraction of sp³-hybridized carbons (Fsp3) is 0.333. The molecule has 0 fully saturated rings. The smallest absolute Gasteiger partial charge is 0.119 e. The molecular formula is C18H23ClN2O. The van der Waals surface area contributed by atoms with Crippen LogP contribution in [0.2, 0.25) is 5.02 Å². The van der Waals surface area contributed by atoms with Crippen molar-refractivity contribution in [1.29, 1.82) is 0 Å². The lowest BCUT2D eigenvalue weighted by atomic mass is 10.2. The number of rotatable bonds is 8. The van der Waals surface area contributed by atoms with Crippen molar-refractivity contribution in [2.24, 2.45) is 5.92 Å². The molecule has 0 unspecified atom stereocenters. The molecule has 0 aliphatic rings. The highest BCUT2D eigenvalue weighted by Crippen LogP contribution is 2.20. The van der Waals surface area contributed by atoms with Crippen LogP contribution in [0.1, 0.15) is 13.8 Å². The van der Waals surface area contributed by atoms with Crippen molar-refractivity contribution in [2.75, 3.05) is 30.3 Å². The first-order valence-electron chi connectivity index (χ1n) is 7.60. The molecule has 0 saturated heterocycles. The minimum Gasteiger partial charge on any atom is -0.493 e. The number of benzene rings is 2. The standard InChI is InChI=1S/C18H23ClN2O/c1-14(2)13-22-16-9-7-15(8-10-16)20-11-12-21-18-6-4-3-5-17(18)19/h3-10,14,20-21H,11-13H2,1-2H3. The normalized spacial score (nSPS) is 10.5. The molecule has 0 bridgehead atoms. The Labute approximate surface area is 137 Å². The average molecular weight is 319 g/mol. The van der Waals surface area contributed by atoms with Gasteiger partial charge in [-0.05, 0) is 42.3 Å². The molecule has 0 aromatic heterocycles. The molecule has 3 nitrogen and oxygen atoms in total. The Balaban J connectivity index is 1.72. The van der Waals surface area contributed by atoms with Gasteiger partial charge in [-0.2, -0.15) is 0 Å². The molecule has 0 atom stereocenters. The van der Waals surface area contributed by atoms with Gasteiger partial charge in [-0.3, -0.25) is 0 Å². The number of nitrogens with one attached hydrogen (secondary N) is 2. The zero-order valence-corrected chi connectivity index (χ0v) is 13.9. The number of ether oxygens (including phenoxy) is 1. The fourth-order valence-corrected chi connectivity index (χ4v) is 2.14. The topological polar surface area (TPSA) is 33.3 Å². The summed E-state index contributed by atoms with van der Waals surface area (Å²) in [6.07, 6.45) is 0. The van der Waals surface area contributed by atoms with Crippen molar-refractivity contribution >= 4 is 23.0 Å². The second kappa shape index (κ2) is 8.54. The lowest BCUT2D eigenvalue weighted by molar-refractivity contribution is 0.271. The number of halogens is 1.